The number of hydrogen-bond donors (Lipinski definition) is 3. The van der Waals surface area contributed by atoms with Crippen molar-refractivity contribution < 1.29 is 14.7 Å². The number of aryl methyl sites for hydroxylation is 1. The van der Waals surface area contributed by atoms with Crippen LogP contribution in [0.4, 0.5) is 5.82 Å². The van der Waals surface area contributed by atoms with Gasteiger partial charge in [-0.3, -0.25) is 14.2 Å². The molecule has 12 heteroatoms. The van der Waals surface area contributed by atoms with Crippen molar-refractivity contribution in [2.75, 3.05) is 19.8 Å². The van der Waals surface area contributed by atoms with Crippen molar-refractivity contribution >= 4 is 28.8 Å². The lowest BCUT2D eigenvalue weighted by Gasteiger charge is -2.17. The minimum absolute atomic E-state index is 0.0750. The lowest BCUT2D eigenvalue weighted by Crippen LogP contribution is -2.28. The number of anilines is 1. The third-order valence-corrected chi connectivity index (χ3v) is 7.97. The Morgan fingerprint density at radius 1 is 1.02 bits per heavy atom. The first-order valence-corrected chi connectivity index (χ1v) is 14.4. The first-order chi connectivity index (χ1) is 21.8. The fourth-order valence-electron chi connectivity index (χ4n) is 5.74. The number of imidazole rings is 1. The van der Waals surface area contributed by atoms with Crippen LogP contribution in [-0.2, 0) is 6.42 Å². The molecule has 1 aliphatic rings. The van der Waals surface area contributed by atoms with Crippen molar-refractivity contribution in [3.05, 3.63) is 108 Å². The predicted molar refractivity (Wildman–Crippen MR) is 168 cm³/mol. The Morgan fingerprint density at radius 2 is 1.89 bits per heavy atom. The minimum Gasteiger partial charge on any atom is -0.507 e. The number of aromatic nitrogens is 6. The molecule has 0 radical (unpaired) electrons. The molecule has 0 bridgehead atoms. The molecule has 0 aliphatic heterocycles. The van der Waals surface area contributed by atoms with Crippen LogP contribution in [0.25, 0.3) is 34.1 Å². The maximum absolute atomic E-state index is 13.3. The van der Waals surface area contributed by atoms with Gasteiger partial charge in [0, 0.05) is 43.9 Å². The topological polar surface area (TPSA) is 157 Å². The van der Waals surface area contributed by atoms with E-state index in [2.05, 4.69) is 21.5 Å². The molecule has 2 aromatic carbocycles. The number of amides is 2. The number of phenols is 1. The molecular weight excluding hydrogens is 570 g/mol. The molecule has 12 nitrogen and oxygen atoms in total. The molecule has 224 valence electrons. The zero-order chi connectivity index (χ0) is 31.2. The zero-order valence-corrected chi connectivity index (χ0v) is 24.5. The average molecular weight is 600 g/mol. The van der Waals surface area contributed by atoms with Gasteiger partial charge in [-0.05, 0) is 84.6 Å². The Morgan fingerprint density at radius 3 is 2.67 bits per heavy atom. The van der Waals surface area contributed by atoms with E-state index in [1.54, 1.807) is 31.2 Å². The van der Waals surface area contributed by atoms with Crippen LogP contribution >= 0.6 is 0 Å². The highest BCUT2D eigenvalue weighted by Crippen LogP contribution is 2.36. The van der Waals surface area contributed by atoms with E-state index in [4.69, 9.17) is 15.7 Å². The van der Waals surface area contributed by atoms with Gasteiger partial charge in [-0.2, -0.15) is 5.10 Å². The minimum atomic E-state index is -0.383. The lowest BCUT2D eigenvalue weighted by atomic mass is 10.0. The summed E-state index contributed by atoms with van der Waals surface area (Å²) in [5, 5.41) is 17.6. The molecule has 1 aliphatic carbocycles. The number of nitrogens with two attached hydrogens (primary N) is 1. The summed E-state index contributed by atoms with van der Waals surface area (Å²) in [6.07, 6.45) is 6.63. The van der Waals surface area contributed by atoms with Crippen molar-refractivity contribution in [1.82, 2.24) is 39.5 Å². The fourth-order valence-corrected chi connectivity index (χ4v) is 5.74. The third-order valence-electron chi connectivity index (χ3n) is 7.97. The molecule has 2 amide bonds. The summed E-state index contributed by atoms with van der Waals surface area (Å²) >= 11 is 0. The van der Waals surface area contributed by atoms with Crippen LogP contribution in [0.3, 0.4) is 0 Å². The first kappa shape index (κ1) is 27.8. The number of carbonyl (C=O) groups is 2. The summed E-state index contributed by atoms with van der Waals surface area (Å²) in [5.41, 5.74) is 11.6. The van der Waals surface area contributed by atoms with Gasteiger partial charge in [0.25, 0.3) is 11.8 Å². The Kier molecular flexibility index (Phi) is 6.73. The van der Waals surface area contributed by atoms with E-state index in [1.165, 1.54) is 23.1 Å². The van der Waals surface area contributed by atoms with Crippen LogP contribution in [0.2, 0.25) is 0 Å². The van der Waals surface area contributed by atoms with Crippen molar-refractivity contribution in [1.29, 1.82) is 0 Å². The van der Waals surface area contributed by atoms with Gasteiger partial charge in [0.05, 0.1) is 17.2 Å². The number of phenolic OH excluding ortho intramolecular Hbond substituents is 1. The second-order valence-electron chi connectivity index (χ2n) is 11.0. The highest BCUT2D eigenvalue weighted by molar-refractivity contribution is 6.01. The Bertz CT molecular complexity index is 2100. The summed E-state index contributed by atoms with van der Waals surface area (Å²) in [4.78, 5) is 41.2. The van der Waals surface area contributed by atoms with E-state index in [0.29, 0.717) is 46.2 Å². The van der Waals surface area contributed by atoms with Gasteiger partial charge in [-0.15, -0.1) is 0 Å². The number of aromatic hydroxyl groups is 1. The zero-order valence-electron chi connectivity index (χ0n) is 24.5. The number of nitrogens with one attached hydrogen (secondary N) is 1. The van der Waals surface area contributed by atoms with Crippen molar-refractivity contribution in [2.45, 2.75) is 18.9 Å². The molecule has 45 heavy (non-hydrogen) atoms. The molecule has 0 saturated heterocycles. The quantitative estimate of drug-likeness (QED) is 0.259. The van der Waals surface area contributed by atoms with Gasteiger partial charge < -0.3 is 21.1 Å². The smallest absolute Gasteiger partial charge is 0.257 e. The van der Waals surface area contributed by atoms with E-state index < -0.39 is 0 Å². The fraction of sp³-hybridized carbons (Fsp3) is 0.152. The number of nitrogens with zero attached hydrogens (tertiary/aromatic N) is 7. The predicted octanol–water partition coefficient (Wildman–Crippen LogP) is 4.08. The van der Waals surface area contributed by atoms with E-state index in [-0.39, 0.29) is 29.2 Å². The Labute approximate surface area is 257 Å². The molecule has 4 N–H and O–H groups in total. The highest BCUT2D eigenvalue weighted by Gasteiger charge is 2.27. The van der Waals surface area contributed by atoms with Crippen molar-refractivity contribution in [3.63, 3.8) is 0 Å². The molecule has 0 fully saturated rings. The lowest BCUT2D eigenvalue weighted by molar-refractivity contribution is 0.0824. The molecule has 4 aromatic heterocycles. The number of hydrogen-bond acceptors (Lipinski definition) is 8. The summed E-state index contributed by atoms with van der Waals surface area (Å²) in [6.45, 7) is 0. The monoisotopic (exact) mass is 599 g/mol. The molecule has 4 heterocycles. The van der Waals surface area contributed by atoms with E-state index in [1.807, 2.05) is 53.2 Å². The first-order valence-electron chi connectivity index (χ1n) is 14.4. The second-order valence-corrected chi connectivity index (χ2v) is 11.0. The highest BCUT2D eigenvalue weighted by atomic mass is 16.3. The van der Waals surface area contributed by atoms with Gasteiger partial charge in [0.1, 0.15) is 17.1 Å². The normalized spacial score (nSPS) is 14.0. The van der Waals surface area contributed by atoms with Crippen LogP contribution < -0.4 is 11.1 Å². The molecule has 0 spiro atoms. The van der Waals surface area contributed by atoms with Crippen LogP contribution in [0.15, 0.2) is 85.3 Å². The average Bonchev–Trinajstić information content (AvgIpc) is 3.80. The van der Waals surface area contributed by atoms with Gasteiger partial charge in [0.15, 0.2) is 17.3 Å². The molecule has 7 rings (SSSR count). The Balaban J connectivity index is 1.25. The summed E-state index contributed by atoms with van der Waals surface area (Å²) in [5.74, 6) is 0.734. The maximum Gasteiger partial charge on any atom is 0.257 e. The van der Waals surface area contributed by atoms with Crippen LogP contribution in [0.5, 0.6) is 5.75 Å². The molecular formula is C33H29N9O3. The SMILES string of the molecule is CN(C)C(=O)c1cc(C(=O)NC2CCc3cc(-n4c(-c5cccnc5N)nc5ccc(-n6cccn6)nc54)ccc32)ccc1O. The molecule has 6 aromatic rings. The number of benzene rings is 2. The van der Waals surface area contributed by atoms with Crippen molar-refractivity contribution in [2.24, 2.45) is 0 Å². The van der Waals surface area contributed by atoms with Crippen LogP contribution in [0, 0.1) is 0 Å². The summed E-state index contributed by atoms with van der Waals surface area (Å²) in [7, 11) is 3.18. The number of fused-ring (bicyclic) bond motifs is 2. The van der Waals surface area contributed by atoms with Crippen LogP contribution in [-0.4, -0.2) is 65.2 Å². The van der Waals surface area contributed by atoms with Gasteiger partial charge in [0.2, 0.25) is 0 Å². The van der Waals surface area contributed by atoms with Crippen molar-refractivity contribution in [3.8, 4) is 28.6 Å². The van der Waals surface area contributed by atoms with Crippen LogP contribution in [0.1, 0.15) is 44.3 Å². The number of carbonyl (C=O) groups excluding carboxylic acids is 2. The van der Waals surface area contributed by atoms with E-state index in [0.717, 1.165) is 23.2 Å². The van der Waals surface area contributed by atoms with Gasteiger partial charge in [-0.1, -0.05) is 6.07 Å². The van der Waals surface area contributed by atoms with Gasteiger partial charge in [-0.25, -0.2) is 19.6 Å². The largest absolute Gasteiger partial charge is 0.507 e. The van der Waals surface area contributed by atoms with E-state index >= 15 is 0 Å². The third kappa shape index (κ3) is 4.91. The number of pyridine rings is 2. The molecule has 1 atom stereocenters. The number of rotatable bonds is 6. The summed E-state index contributed by atoms with van der Waals surface area (Å²) < 4.78 is 3.67. The van der Waals surface area contributed by atoms with Gasteiger partial charge >= 0.3 is 0 Å². The maximum atomic E-state index is 13.3. The summed E-state index contributed by atoms with van der Waals surface area (Å²) in [6, 6.07) is 19.5. The van der Waals surface area contributed by atoms with E-state index in [9.17, 15) is 14.7 Å². The molecule has 1 unspecified atom stereocenters. The molecule has 0 saturated carbocycles. The Hall–Kier alpha value is -6.04. The second kappa shape index (κ2) is 10.9. The standard InChI is InChI=1S/C33H29N9O3/c1-40(2)33(45)24-18-20(7-12-27(24)43)32(44)38-25-10-6-19-17-21(8-9-22(19)25)42-30(23-5-3-14-35-29(23)34)37-26-11-13-28(39-31(26)42)41-16-4-15-36-41/h3-5,7-9,11-18,25,43H,6,10H2,1-2H3,(H2,34,35)(H,38,44). The number of nitrogen functional groups attached to an aromatic ring is 1.